The van der Waals surface area contributed by atoms with Gasteiger partial charge in [-0.2, -0.15) is 5.26 Å². The van der Waals surface area contributed by atoms with Crippen LogP contribution < -0.4 is 5.32 Å². The van der Waals surface area contributed by atoms with Crippen molar-refractivity contribution in [2.24, 2.45) is 0 Å². The Hall–Kier alpha value is -2.38. The van der Waals surface area contributed by atoms with Crippen molar-refractivity contribution in [3.63, 3.8) is 0 Å². The summed E-state index contributed by atoms with van der Waals surface area (Å²) in [6.45, 7) is 8.02. The third kappa shape index (κ3) is 4.08. The molecule has 0 fully saturated rings. The molecule has 1 aromatic carbocycles. The Morgan fingerprint density at radius 1 is 1.26 bits per heavy atom. The van der Waals surface area contributed by atoms with E-state index in [4.69, 9.17) is 0 Å². The molecule has 1 amide bonds. The Kier molecular flexibility index (Phi) is 5.36. The van der Waals surface area contributed by atoms with Gasteiger partial charge in [0.05, 0.1) is 0 Å². The predicted molar refractivity (Wildman–Crippen MR) is 96.6 cm³/mol. The van der Waals surface area contributed by atoms with E-state index in [1.165, 1.54) is 4.88 Å². The number of carbonyl (C=O) groups is 1. The molecular weight excluding hydrogens is 304 g/mol. The number of hydrogen-bond donors (Lipinski definition) is 1. The molecule has 0 atom stereocenters. The number of nitrogens with zero attached hydrogens (tertiary/aromatic N) is 1. The van der Waals surface area contributed by atoms with Crippen LogP contribution in [0.25, 0.3) is 6.08 Å². The van der Waals surface area contributed by atoms with E-state index in [-0.39, 0.29) is 11.5 Å². The molecule has 0 saturated heterocycles. The third-order valence-electron chi connectivity index (χ3n) is 3.60. The number of anilines is 1. The lowest BCUT2D eigenvalue weighted by molar-refractivity contribution is -0.112. The number of nitrogens with one attached hydrogen (secondary N) is 1. The number of carbonyl (C=O) groups excluding carboxylic acids is 1. The van der Waals surface area contributed by atoms with Crippen molar-refractivity contribution in [2.75, 3.05) is 5.32 Å². The van der Waals surface area contributed by atoms with Crippen LogP contribution in [-0.2, 0) is 11.2 Å². The Bertz CT molecular complexity index is 786. The van der Waals surface area contributed by atoms with Crippen LogP contribution in [-0.4, -0.2) is 5.91 Å². The average Bonchev–Trinajstić information content (AvgIpc) is 2.96. The van der Waals surface area contributed by atoms with Crippen LogP contribution in [0.15, 0.2) is 29.8 Å². The van der Waals surface area contributed by atoms with Crippen molar-refractivity contribution < 1.29 is 4.79 Å². The van der Waals surface area contributed by atoms with Crippen LogP contribution in [0.4, 0.5) is 5.69 Å². The van der Waals surface area contributed by atoms with E-state index in [1.807, 2.05) is 51.1 Å². The largest absolute Gasteiger partial charge is 0.321 e. The highest BCUT2D eigenvalue weighted by atomic mass is 32.1. The van der Waals surface area contributed by atoms with Crippen LogP contribution in [0, 0.1) is 32.1 Å². The predicted octanol–water partition coefficient (Wildman–Crippen LogP) is 4.78. The second-order valence-electron chi connectivity index (χ2n) is 5.56. The van der Waals surface area contributed by atoms with Gasteiger partial charge in [0.15, 0.2) is 0 Å². The first-order valence-electron chi connectivity index (χ1n) is 7.54. The molecule has 3 nitrogen and oxygen atoms in total. The van der Waals surface area contributed by atoms with Crippen LogP contribution in [0.3, 0.4) is 0 Å². The normalized spacial score (nSPS) is 11.2. The maximum atomic E-state index is 12.4. The van der Waals surface area contributed by atoms with Crippen LogP contribution in [0.2, 0.25) is 0 Å². The van der Waals surface area contributed by atoms with Crippen molar-refractivity contribution in [2.45, 2.75) is 34.1 Å². The minimum Gasteiger partial charge on any atom is -0.321 e. The number of amides is 1. The Labute approximate surface area is 141 Å². The maximum Gasteiger partial charge on any atom is 0.266 e. The second kappa shape index (κ2) is 7.26. The Morgan fingerprint density at radius 2 is 1.91 bits per heavy atom. The van der Waals surface area contributed by atoms with E-state index >= 15 is 0 Å². The highest BCUT2D eigenvalue weighted by Gasteiger charge is 2.13. The number of thiophene rings is 1. The van der Waals surface area contributed by atoms with Crippen molar-refractivity contribution in [3.8, 4) is 6.07 Å². The van der Waals surface area contributed by atoms with Crippen molar-refractivity contribution in [1.82, 2.24) is 0 Å². The average molecular weight is 324 g/mol. The molecule has 1 heterocycles. The molecule has 2 aromatic rings. The van der Waals surface area contributed by atoms with Crippen LogP contribution in [0.5, 0.6) is 0 Å². The summed E-state index contributed by atoms with van der Waals surface area (Å²) in [4.78, 5) is 14.6. The monoisotopic (exact) mass is 324 g/mol. The van der Waals surface area contributed by atoms with Gasteiger partial charge in [0.2, 0.25) is 0 Å². The standard InChI is InChI=1S/C19H20N2OS/c1-5-16-6-7-17(23-16)10-15(11-20)19(22)21-18-13(3)8-12(2)9-14(18)4/h6-10H,5H2,1-4H3,(H,21,22). The zero-order valence-corrected chi connectivity index (χ0v) is 14.7. The lowest BCUT2D eigenvalue weighted by Gasteiger charge is -2.12. The maximum absolute atomic E-state index is 12.4. The summed E-state index contributed by atoms with van der Waals surface area (Å²) in [6, 6.07) is 10.0. The molecule has 1 aromatic heterocycles. The minimum absolute atomic E-state index is 0.119. The summed E-state index contributed by atoms with van der Waals surface area (Å²) in [7, 11) is 0. The molecule has 0 aliphatic heterocycles. The molecule has 0 aliphatic carbocycles. The summed E-state index contributed by atoms with van der Waals surface area (Å²) in [6.07, 6.45) is 2.60. The van der Waals surface area contributed by atoms with Gasteiger partial charge in [-0.3, -0.25) is 4.79 Å². The topological polar surface area (TPSA) is 52.9 Å². The number of benzene rings is 1. The number of nitriles is 1. The molecule has 0 spiro atoms. The third-order valence-corrected chi connectivity index (χ3v) is 4.77. The summed E-state index contributed by atoms with van der Waals surface area (Å²) >= 11 is 1.60. The zero-order chi connectivity index (χ0) is 17.0. The number of hydrogen-bond acceptors (Lipinski definition) is 3. The molecule has 0 radical (unpaired) electrons. The Morgan fingerprint density at radius 3 is 2.43 bits per heavy atom. The van der Waals surface area contributed by atoms with E-state index in [1.54, 1.807) is 17.4 Å². The summed E-state index contributed by atoms with van der Waals surface area (Å²) < 4.78 is 0. The molecule has 0 unspecified atom stereocenters. The molecule has 118 valence electrons. The summed E-state index contributed by atoms with van der Waals surface area (Å²) in [5, 5.41) is 12.2. The lowest BCUT2D eigenvalue weighted by atomic mass is 10.0. The van der Waals surface area contributed by atoms with Gasteiger partial charge >= 0.3 is 0 Å². The summed E-state index contributed by atoms with van der Waals surface area (Å²) in [5.41, 5.74) is 4.05. The van der Waals surface area contributed by atoms with Gasteiger partial charge in [-0.1, -0.05) is 24.6 Å². The van der Waals surface area contributed by atoms with Gasteiger partial charge < -0.3 is 5.32 Å². The quantitative estimate of drug-likeness (QED) is 0.650. The van der Waals surface area contributed by atoms with Crippen molar-refractivity contribution in [1.29, 1.82) is 5.26 Å². The van der Waals surface area contributed by atoms with E-state index in [0.717, 1.165) is 33.7 Å². The minimum atomic E-state index is -0.367. The van der Waals surface area contributed by atoms with Crippen molar-refractivity contribution in [3.05, 3.63) is 56.3 Å². The SMILES string of the molecule is CCc1ccc(C=C(C#N)C(=O)Nc2c(C)cc(C)cc2C)s1. The zero-order valence-electron chi connectivity index (χ0n) is 13.9. The highest BCUT2D eigenvalue weighted by Crippen LogP contribution is 2.24. The fourth-order valence-electron chi connectivity index (χ4n) is 2.51. The molecule has 0 bridgehead atoms. The first kappa shape index (κ1) is 17.0. The molecule has 0 saturated carbocycles. The molecule has 4 heteroatoms. The fraction of sp³-hybridized carbons (Fsp3) is 0.263. The van der Waals surface area contributed by atoms with Crippen LogP contribution in [0.1, 0.15) is 33.4 Å². The Balaban J connectivity index is 2.26. The lowest BCUT2D eigenvalue weighted by Crippen LogP contribution is -2.15. The van der Waals surface area contributed by atoms with Gasteiger partial charge in [0.1, 0.15) is 11.6 Å². The van der Waals surface area contributed by atoms with E-state index in [9.17, 15) is 10.1 Å². The first-order valence-corrected chi connectivity index (χ1v) is 8.36. The molecule has 0 aliphatic rings. The molecular formula is C19H20N2OS. The molecule has 1 N–H and O–H groups in total. The van der Waals surface area contributed by atoms with Gasteiger partial charge in [0.25, 0.3) is 5.91 Å². The highest BCUT2D eigenvalue weighted by molar-refractivity contribution is 7.12. The smallest absolute Gasteiger partial charge is 0.266 e. The van der Waals surface area contributed by atoms with Crippen LogP contribution >= 0.6 is 11.3 Å². The van der Waals surface area contributed by atoms with Gasteiger partial charge in [-0.05, 0) is 56.5 Å². The molecule has 23 heavy (non-hydrogen) atoms. The van der Waals surface area contributed by atoms with Gasteiger partial charge in [0, 0.05) is 15.4 Å². The van der Waals surface area contributed by atoms with E-state index in [2.05, 4.69) is 12.2 Å². The summed E-state index contributed by atoms with van der Waals surface area (Å²) in [5.74, 6) is -0.367. The van der Waals surface area contributed by atoms with E-state index < -0.39 is 0 Å². The van der Waals surface area contributed by atoms with Gasteiger partial charge in [-0.25, -0.2) is 0 Å². The number of aryl methyl sites for hydroxylation is 4. The number of rotatable bonds is 4. The molecule has 2 rings (SSSR count). The van der Waals surface area contributed by atoms with E-state index in [0.29, 0.717) is 0 Å². The van der Waals surface area contributed by atoms with Crippen molar-refractivity contribution >= 4 is 29.0 Å². The fourth-order valence-corrected chi connectivity index (χ4v) is 3.41. The second-order valence-corrected chi connectivity index (χ2v) is 6.76. The van der Waals surface area contributed by atoms with Gasteiger partial charge in [-0.15, -0.1) is 11.3 Å². The first-order chi connectivity index (χ1) is 10.9.